The Balaban J connectivity index is 0. The van der Waals surface area contributed by atoms with E-state index in [1.807, 2.05) is 68.4 Å². The van der Waals surface area contributed by atoms with Crippen molar-refractivity contribution in [2.24, 2.45) is 0 Å². The second-order valence-corrected chi connectivity index (χ2v) is 25.2. The van der Waals surface area contributed by atoms with Gasteiger partial charge >= 0.3 is 66.2 Å². The van der Waals surface area contributed by atoms with Crippen LogP contribution in [0.25, 0.3) is 44.8 Å². The zero-order valence-electron chi connectivity index (χ0n) is 49.7. The molecule has 85 heavy (non-hydrogen) atoms. The van der Waals surface area contributed by atoms with Crippen LogP contribution < -0.4 is 83.6 Å². The van der Waals surface area contributed by atoms with Crippen molar-refractivity contribution in [3.8, 4) is 22.6 Å². The van der Waals surface area contributed by atoms with E-state index in [2.05, 4.69) is 75.0 Å². The first-order chi connectivity index (χ1) is 38.6. The molecule has 4 heterocycles. The number of unbranched alkanes of at least 4 members (excludes halogenated alkanes) is 2. The van der Waals surface area contributed by atoms with Gasteiger partial charge in [-0.3, -0.25) is 32.6 Å². The molecule has 0 unspecified atom stereocenters. The van der Waals surface area contributed by atoms with Crippen molar-refractivity contribution in [2.75, 3.05) is 59.0 Å². The molecule has 0 spiro atoms. The number of rotatable bonds is 19. The first-order valence-electron chi connectivity index (χ1n) is 25.3. The number of alkyl halides is 2. The standard InChI is InChI=1S/C24H28BrN3O4S.C21H23BrIN3O4S.C3H7BO2.2C2H4O2.CH2O3.2Na.Pd.H/c1-15-6-8-17(9-7-15)21-20(23(29)26-2)19-14-18(16-10-11-16)22(27-24(19)32-21)28(33(3,30)31)13-5-4-12-25;1-13-6-8-14(9-7-13)18-17(20(27)24-2)15-12-16(23)19(25-21(15)30-18)26(31(3,28)29)11-5-4-10-22;5-4(6)3-1-2-3;2*1-2(3)4;2-1-4-3;;;;/h6-9,14,16H,4-5,10-13H2,1-3H3,(H,26,29);6-9,12H,4-5,10-11H2,1-3H3,(H,24,27);3,5-6H,1-2H2;2*1H3,(H,3,4);1,3H;;;;/q;;;;;;2*+1;;-1/p-1. The van der Waals surface area contributed by atoms with E-state index in [0.29, 0.717) is 74.6 Å². The van der Waals surface area contributed by atoms with Crippen LogP contribution in [0.1, 0.15) is 110 Å². The summed E-state index contributed by atoms with van der Waals surface area (Å²) in [6, 6.07) is 19.0. The van der Waals surface area contributed by atoms with Gasteiger partial charge in [-0.2, -0.15) is 9.97 Å². The fourth-order valence-electron chi connectivity index (χ4n) is 7.56. The number of carbonyl (C=O) groups is 5. The van der Waals surface area contributed by atoms with Crippen LogP contribution in [0, 0.1) is 17.4 Å². The molecule has 8 rings (SSSR count). The second-order valence-electron chi connectivity index (χ2n) is 18.6. The van der Waals surface area contributed by atoms with Gasteiger partial charge in [-0.1, -0.05) is 104 Å². The van der Waals surface area contributed by atoms with Gasteiger partial charge in [0, 0.05) is 83.2 Å². The molecule has 2 saturated carbocycles. The molecule has 23 nitrogen and oxygen atoms in total. The van der Waals surface area contributed by atoms with Crippen LogP contribution in [0.2, 0.25) is 5.82 Å². The van der Waals surface area contributed by atoms with E-state index in [4.69, 9.17) is 53.7 Å². The van der Waals surface area contributed by atoms with Gasteiger partial charge in [-0.25, -0.2) is 16.8 Å². The molecular formula is C53H68BBr2IN6Na2O17PdS2. The third-order valence-electron chi connectivity index (χ3n) is 11.7. The van der Waals surface area contributed by atoms with Gasteiger partial charge in [0.15, 0.2) is 5.82 Å². The molecule has 0 atom stereocenters. The van der Waals surface area contributed by atoms with Crippen molar-refractivity contribution in [2.45, 2.75) is 90.8 Å². The third-order valence-corrected chi connectivity index (χ3v) is 15.9. The minimum atomic E-state index is -3.54. The minimum Gasteiger partial charge on any atom is -1.00 e. The molecule has 0 saturated heterocycles. The summed E-state index contributed by atoms with van der Waals surface area (Å²) < 4.78 is 65.8. The fraction of sp³-hybridized carbons (Fsp3) is 0.415. The molecule has 2 fully saturated rings. The average Bonchev–Trinajstić information content (AvgIpc) is 1.86. The van der Waals surface area contributed by atoms with Gasteiger partial charge in [0.2, 0.25) is 31.5 Å². The molecule has 2 aromatic carbocycles. The number of halogens is 3. The Hall–Kier alpha value is -3.03. The van der Waals surface area contributed by atoms with Gasteiger partial charge < -0.3 is 51.3 Å². The van der Waals surface area contributed by atoms with Crippen molar-refractivity contribution in [1.82, 2.24) is 20.6 Å². The maximum Gasteiger partial charge on any atom is 1.00 e. The van der Waals surface area contributed by atoms with Crippen LogP contribution in [0.4, 0.5) is 11.6 Å². The van der Waals surface area contributed by atoms with Crippen LogP contribution in [0.3, 0.4) is 0 Å². The molecular weight excluding hydrogens is 1510 g/mol. The van der Waals surface area contributed by atoms with E-state index in [1.165, 1.54) is 21.1 Å². The molecule has 2 aliphatic carbocycles. The Labute approximate surface area is 585 Å². The molecule has 4 aromatic heterocycles. The Kier molecular flexibility index (Phi) is 38.4. The Morgan fingerprint density at radius 2 is 1.08 bits per heavy atom. The van der Waals surface area contributed by atoms with Gasteiger partial charge in [-0.05, 0) is 104 Å². The number of carboxylic acids is 2. The number of nitrogens with one attached hydrogen (secondary N) is 2. The summed E-state index contributed by atoms with van der Waals surface area (Å²) in [5.74, 6) is -0.235. The summed E-state index contributed by atoms with van der Waals surface area (Å²) in [5, 5.41) is 47.9. The van der Waals surface area contributed by atoms with Gasteiger partial charge in [-0.15, -0.1) is 0 Å². The van der Waals surface area contributed by atoms with E-state index in [0.717, 1.165) is 90.8 Å². The van der Waals surface area contributed by atoms with Crippen LogP contribution in [0.5, 0.6) is 0 Å². The van der Waals surface area contributed by atoms with E-state index >= 15 is 0 Å². The molecule has 0 radical (unpaired) electrons. The predicted molar refractivity (Wildman–Crippen MR) is 328 cm³/mol. The first kappa shape index (κ1) is 82.0. The molecule has 0 bridgehead atoms. The topological polar surface area (TPSA) is 349 Å². The van der Waals surface area contributed by atoms with Crippen LogP contribution in [-0.2, 0) is 59.7 Å². The van der Waals surface area contributed by atoms with Crippen LogP contribution >= 0.6 is 54.5 Å². The van der Waals surface area contributed by atoms with Gasteiger partial charge in [0.1, 0.15) is 17.3 Å². The number of sulfonamides is 2. The van der Waals surface area contributed by atoms with Gasteiger partial charge in [0.25, 0.3) is 30.2 Å². The number of amides is 2. The minimum absolute atomic E-state index is 0. The number of furan rings is 2. The van der Waals surface area contributed by atoms with Crippen molar-refractivity contribution < 1.29 is 161 Å². The smallest absolute Gasteiger partial charge is 1.00 e. The molecule has 2 aliphatic rings. The van der Waals surface area contributed by atoms with Crippen LogP contribution in [-0.4, -0.2) is 135 Å². The summed E-state index contributed by atoms with van der Waals surface area (Å²) in [7, 11) is -4.98. The number of aryl methyl sites for hydroxylation is 2. The van der Waals surface area contributed by atoms with Crippen molar-refractivity contribution >= 4 is 146 Å². The van der Waals surface area contributed by atoms with Crippen molar-refractivity contribution in [3.63, 3.8) is 0 Å². The maximum atomic E-state index is 12.9. The predicted octanol–water partition coefficient (Wildman–Crippen LogP) is 2.05. The number of carbonyl (C=O) groups excluding carboxylic acids is 3. The van der Waals surface area contributed by atoms with Crippen molar-refractivity contribution in [3.05, 3.63) is 92.1 Å². The van der Waals surface area contributed by atoms with Crippen molar-refractivity contribution in [1.29, 1.82) is 0 Å². The number of fused-ring (bicyclic) bond motifs is 2. The zero-order valence-corrected chi connectivity index (χ0v) is 61.2. The number of anilines is 2. The number of aromatic nitrogens is 2. The average molecular weight is 1580 g/mol. The summed E-state index contributed by atoms with van der Waals surface area (Å²) >= 11 is 8.83. The van der Waals surface area contributed by atoms with E-state index in [-0.39, 0.29) is 122 Å². The number of benzene rings is 2. The molecule has 0 aliphatic heterocycles. The maximum absolute atomic E-state index is 12.9. The first-order valence-corrected chi connectivity index (χ1v) is 32.4. The zero-order chi connectivity index (χ0) is 61.6. The summed E-state index contributed by atoms with van der Waals surface area (Å²) in [4.78, 5) is 64.1. The van der Waals surface area contributed by atoms with E-state index in [9.17, 15) is 26.4 Å². The number of hydrogen-bond donors (Lipinski definition) is 6. The molecule has 32 heteroatoms. The van der Waals surface area contributed by atoms with E-state index < -0.39 is 39.1 Å². The molecule has 6 aromatic rings. The van der Waals surface area contributed by atoms with E-state index in [1.54, 1.807) is 20.2 Å². The monoisotopic (exact) mass is 1570 g/mol. The molecule has 460 valence electrons. The fourth-order valence-corrected chi connectivity index (χ4v) is 11.1. The SMILES string of the molecule is CC(=O)O.CC(=O)O.CNC(=O)c1c(-c2ccc(C)cc2)oc2nc(N(CCCCBr)S(C)(=O)=O)c(C3CC3)cc12.CNC(=O)c1c(-c2ccc(C)cc2)oc2nc(N(CCCCBr)S(C)(=O)=O)c(I)cc12.O=CO[O-].OB(O)C1CC1.[H-].[Na+].[Na+].[Pd]. The second kappa shape index (κ2) is 39.9. The Morgan fingerprint density at radius 1 is 0.729 bits per heavy atom. The Bertz CT molecular complexity index is 3350. The van der Waals surface area contributed by atoms with Crippen LogP contribution in [0.15, 0.2) is 69.5 Å². The molecule has 2 amide bonds. The number of aliphatic carboxylic acids is 2. The third kappa shape index (κ3) is 26.5. The number of pyridine rings is 2. The number of carboxylic acid groups (broad SMARTS) is 2. The quantitative estimate of drug-likeness (QED) is 0.0129. The number of hydrogen-bond acceptors (Lipinski definition) is 17. The number of nitrogens with zero attached hydrogens (tertiary/aromatic N) is 4. The molecule has 6 N–H and O–H groups in total. The normalized spacial score (nSPS) is 12.0. The largest absolute Gasteiger partial charge is 1.00 e. The Morgan fingerprint density at radius 3 is 1.38 bits per heavy atom. The van der Waals surface area contributed by atoms with Gasteiger partial charge in [0.05, 0.1) is 38.0 Å². The summed E-state index contributed by atoms with van der Waals surface area (Å²) in [6.45, 7) is 6.62. The summed E-state index contributed by atoms with van der Waals surface area (Å²) in [6.07, 6.45) is 9.39. The summed E-state index contributed by atoms with van der Waals surface area (Å²) in [5.41, 5.74) is 5.83.